The monoisotopic (exact) mass is 338 g/mol. The van der Waals surface area contributed by atoms with E-state index in [9.17, 15) is 4.39 Å². The van der Waals surface area contributed by atoms with E-state index >= 15 is 0 Å². The average molecular weight is 338 g/mol. The predicted octanol–water partition coefficient (Wildman–Crippen LogP) is 1.88. The number of rotatable bonds is 6. The van der Waals surface area contributed by atoms with Gasteiger partial charge >= 0.3 is 0 Å². The number of halogens is 1. The van der Waals surface area contributed by atoms with Gasteiger partial charge in [0, 0.05) is 44.3 Å². The molecule has 0 aliphatic carbocycles. The zero-order valence-corrected chi connectivity index (χ0v) is 14.6. The lowest BCUT2D eigenvalue weighted by Gasteiger charge is -2.31. The molecule has 2 aromatic rings. The fourth-order valence-electron chi connectivity index (χ4n) is 3.14. The van der Waals surface area contributed by atoms with E-state index in [4.69, 9.17) is 0 Å². The van der Waals surface area contributed by atoms with Crippen LogP contribution in [0.15, 0.2) is 17.6 Å². The minimum absolute atomic E-state index is 0.186. The SMILES string of the molecule is CC(c1csnn1)N(C)C[C@@H]1C[C@H](F)CN1Cc1ccnn1C. The van der Waals surface area contributed by atoms with E-state index in [0.717, 1.165) is 24.5 Å². The Morgan fingerprint density at radius 1 is 1.52 bits per heavy atom. The Labute approximate surface area is 140 Å². The summed E-state index contributed by atoms with van der Waals surface area (Å²) in [4.78, 5) is 4.46. The van der Waals surface area contributed by atoms with E-state index in [1.165, 1.54) is 11.5 Å². The molecule has 1 aliphatic rings. The van der Waals surface area contributed by atoms with Crippen molar-refractivity contribution in [3.8, 4) is 0 Å². The number of alkyl halides is 1. The van der Waals surface area contributed by atoms with Gasteiger partial charge in [-0.25, -0.2) is 4.39 Å². The van der Waals surface area contributed by atoms with Gasteiger partial charge in [0.05, 0.1) is 17.4 Å². The van der Waals surface area contributed by atoms with Crippen LogP contribution in [0.1, 0.15) is 30.8 Å². The lowest BCUT2D eigenvalue weighted by atomic mass is 10.1. The van der Waals surface area contributed by atoms with Gasteiger partial charge in [-0.05, 0) is 38.0 Å². The number of hydrogen-bond donors (Lipinski definition) is 0. The van der Waals surface area contributed by atoms with Crippen molar-refractivity contribution in [1.29, 1.82) is 0 Å². The standard InChI is InChI=1S/C15H23FN6S/c1-11(15-10-23-19-18-15)20(2)8-14-6-12(16)7-22(14)9-13-4-5-17-21(13)3/h4-5,10-12,14H,6-9H2,1-3H3/t11?,12-,14-/m0/s1. The van der Waals surface area contributed by atoms with Crippen LogP contribution in [0, 0.1) is 0 Å². The van der Waals surface area contributed by atoms with Gasteiger partial charge in [0.15, 0.2) is 0 Å². The van der Waals surface area contributed by atoms with Crippen LogP contribution in [0.5, 0.6) is 0 Å². The van der Waals surface area contributed by atoms with Gasteiger partial charge in [-0.1, -0.05) is 4.49 Å². The minimum Gasteiger partial charge on any atom is -0.296 e. The second-order valence-corrected chi connectivity index (χ2v) is 6.92. The molecule has 0 N–H and O–H groups in total. The van der Waals surface area contributed by atoms with Crippen molar-refractivity contribution in [3.63, 3.8) is 0 Å². The molecule has 8 heteroatoms. The second kappa shape index (κ2) is 7.02. The molecule has 1 fully saturated rings. The van der Waals surface area contributed by atoms with E-state index in [0.29, 0.717) is 13.0 Å². The molecule has 0 saturated carbocycles. The van der Waals surface area contributed by atoms with Crippen LogP contribution in [-0.2, 0) is 13.6 Å². The third kappa shape index (κ3) is 3.76. The molecule has 3 heterocycles. The number of aromatic nitrogens is 4. The molecule has 126 valence electrons. The summed E-state index contributed by atoms with van der Waals surface area (Å²) in [5, 5.41) is 10.3. The smallest absolute Gasteiger partial charge is 0.114 e. The number of hydrogen-bond acceptors (Lipinski definition) is 6. The second-order valence-electron chi connectivity index (χ2n) is 6.31. The molecule has 3 atom stereocenters. The Kier molecular flexibility index (Phi) is 5.03. The maximum atomic E-state index is 14.0. The molecule has 0 spiro atoms. The van der Waals surface area contributed by atoms with Crippen LogP contribution >= 0.6 is 11.5 Å². The van der Waals surface area contributed by atoms with Crippen molar-refractivity contribution in [2.75, 3.05) is 20.1 Å². The van der Waals surface area contributed by atoms with Crippen molar-refractivity contribution >= 4 is 11.5 Å². The van der Waals surface area contributed by atoms with Crippen LogP contribution in [0.25, 0.3) is 0 Å². The summed E-state index contributed by atoms with van der Waals surface area (Å²) in [5.41, 5.74) is 2.09. The van der Waals surface area contributed by atoms with Gasteiger partial charge in [0.2, 0.25) is 0 Å². The number of likely N-dealkylation sites (tertiary alicyclic amines) is 1. The number of aryl methyl sites for hydroxylation is 1. The zero-order valence-electron chi connectivity index (χ0n) is 13.8. The van der Waals surface area contributed by atoms with E-state index in [-0.39, 0.29) is 12.1 Å². The van der Waals surface area contributed by atoms with Crippen molar-refractivity contribution in [1.82, 2.24) is 29.2 Å². The van der Waals surface area contributed by atoms with E-state index in [1.807, 2.05) is 23.2 Å². The van der Waals surface area contributed by atoms with Gasteiger partial charge in [-0.15, -0.1) is 5.10 Å². The summed E-state index contributed by atoms with van der Waals surface area (Å²) in [5.74, 6) is 0. The predicted molar refractivity (Wildman–Crippen MR) is 87.9 cm³/mol. The zero-order chi connectivity index (χ0) is 16.4. The molecule has 1 aliphatic heterocycles. The number of likely N-dealkylation sites (N-methyl/N-ethyl adjacent to an activating group) is 1. The molecule has 23 heavy (non-hydrogen) atoms. The van der Waals surface area contributed by atoms with E-state index in [1.54, 1.807) is 6.20 Å². The average Bonchev–Trinajstić information content (AvgIpc) is 3.23. The Morgan fingerprint density at radius 3 is 3.00 bits per heavy atom. The summed E-state index contributed by atoms with van der Waals surface area (Å²) in [7, 11) is 3.99. The summed E-state index contributed by atoms with van der Waals surface area (Å²) >= 11 is 1.37. The lowest BCUT2D eigenvalue weighted by Crippen LogP contribution is -2.39. The fourth-order valence-corrected chi connectivity index (χ4v) is 3.68. The normalized spacial score (nSPS) is 23.7. The van der Waals surface area contributed by atoms with Gasteiger partial charge in [0.25, 0.3) is 0 Å². The first kappa shape index (κ1) is 16.5. The Morgan fingerprint density at radius 2 is 2.35 bits per heavy atom. The molecule has 3 rings (SSSR count). The molecule has 1 unspecified atom stereocenters. The van der Waals surface area contributed by atoms with Crippen LogP contribution in [0.2, 0.25) is 0 Å². The van der Waals surface area contributed by atoms with Crippen molar-refractivity contribution in [2.45, 2.75) is 38.1 Å². The molecule has 0 amide bonds. The van der Waals surface area contributed by atoms with Gasteiger partial charge in [-0.2, -0.15) is 5.10 Å². The largest absolute Gasteiger partial charge is 0.296 e. The number of nitrogens with zero attached hydrogens (tertiary/aromatic N) is 6. The van der Waals surface area contributed by atoms with Crippen LogP contribution in [-0.4, -0.2) is 61.5 Å². The highest BCUT2D eigenvalue weighted by Crippen LogP contribution is 2.26. The third-order valence-electron chi connectivity index (χ3n) is 4.73. The molecule has 0 radical (unpaired) electrons. The summed E-state index contributed by atoms with van der Waals surface area (Å²) < 4.78 is 19.8. The van der Waals surface area contributed by atoms with Crippen molar-refractivity contribution in [2.24, 2.45) is 7.05 Å². The highest BCUT2D eigenvalue weighted by Gasteiger charge is 2.34. The van der Waals surface area contributed by atoms with E-state index in [2.05, 4.69) is 38.5 Å². The highest BCUT2D eigenvalue weighted by molar-refractivity contribution is 7.03. The van der Waals surface area contributed by atoms with Crippen LogP contribution in [0.3, 0.4) is 0 Å². The highest BCUT2D eigenvalue weighted by atomic mass is 32.1. The molecule has 6 nitrogen and oxygen atoms in total. The van der Waals surface area contributed by atoms with Gasteiger partial charge < -0.3 is 0 Å². The molecule has 0 aromatic carbocycles. The maximum absolute atomic E-state index is 14.0. The maximum Gasteiger partial charge on any atom is 0.114 e. The van der Waals surface area contributed by atoms with Gasteiger partial charge in [-0.3, -0.25) is 14.5 Å². The summed E-state index contributed by atoms with van der Waals surface area (Å²) in [6, 6.07) is 2.39. The first-order chi connectivity index (χ1) is 11.0. The van der Waals surface area contributed by atoms with E-state index < -0.39 is 6.17 Å². The van der Waals surface area contributed by atoms with Crippen molar-refractivity contribution < 1.29 is 4.39 Å². The molecule has 0 bridgehead atoms. The topological polar surface area (TPSA) is 50.1 Å². The summed E-state index contributed by atoms with van der Waals surface area (Å²) in [6.07, 6.45) is 1.62. The Balaban J connectivity index is 1.64. The molecule has 2 aromatic heterocycles. The quantitative estimate of drug-likeness (QED) is 0.805. The third-order valence-corrected chi connectivity index (χ3v) is 5.25. The molecule has 1 saturated heterocycles. The molecular weight excluding hydrogens is 315 g/mol. The first-order valence-electron chi connectivity index (χ1n) is 7.86. The lowest BCUT2D eigenvalue weighted by molar-refractivity contribution is 0.156. The Hall–Kier alpha value is -1.38. The minimum atomic E-state index is -0.752. The fraction of sp³-hybridized carbons (Fsp3) is 0.667. The van der Waals surface area contributed by atoms with Crippen LogP contribution < -0.4 is 0 Å². The summed E-state index contributed by atoms with van der Waals surface area (Å²) in [6.45, 7) is 4.17. The molecular formula is C15H23FN6S. The van der Waals surface area contributed by atoms with Crippen molar-refractivity contribution in [3.05, 3.63) is 29.0 Å². The van der Waals surface area contributed by atoms with Crippen LogP contribution in [0.4, 0.5) is 4.39 Å². The van der Waals surface area contributed by atoms with Gasteiger partial charge in [0.1, 0.15) is 6.17 Å². The Bertz CT molecular complexity index is 615. The first-order valence-corrected chi connectivity index (χ1v) is 8.70.